The van der Waals surface area contributed by atoms with Crippen molar-refractivity contribution in [3.05, 3.63) is 52.5 Å². The summed E-state index contributed by atoms with van der Waals surface area (Å²) >= 11 is 6.76. The van der Waals surface area contributed by atoms with Gasteiger partial charge in [-0.25, -0.2) is 5.01 Å². The topological polar surface area (TPSA) is 54.5 Å². The van der Waals surface area contributed by atoms with Crippen molar-refractivity contribution in [1.82, 2.24) is 9.99 Å². The van der Waals surface area contributed by atoms with Gasteiger partial charge in [-0.3, -0.25) is 4.98 Å². The van der Waals surface area contributed by atoms with Crippen LogP contribution in [0.5, 0.6) is 0 Å². The Hall–Kier alpha value is -1.79. The van der Waals surface area contributed by atoms with Crippen LogP contribution in [0, 0.1) is 0 Å². The molecule has 96 valence electrons. The molecular formula is C13H12N4S2. The number of hydrogen-bond acceptors (Lipinski definition) is 4. The first-order chi connectivity index (χ1) is 9.25. The summed E-state index contributed by atoms with van der Waals surface area (Å²) in [7, 11) is 0. The highest BCUT2D eigenvalue weighted by Crippen LogP contribution is 2.32. The highest BCUT2D eigenvalue weighted by Gasteiger charge is 2.31. The third-order valence-corrected chi connectivity index (χ3v) is 4.08. The highest BCUT2D eigenvalue weighted by molar-refractivity contribution is 7.80. The van der Waals surface area contributed by atoms with Crippen LogP contribution < -0.4 is 5.73 Å². The predicted molar refractivity (Wildman–Crippen MR) is 81.1 cm³/mol. The van der Waals surface area contributed by atoms with Gasteiger partial charge in [0.15, 0.2) is 5.11 Å². The zero-order chi connectivity index (χ0) is 13.2. The molecule has 1 atom stereocenters. The monoisotopic (exact) mass is 288 g/mol. The average Bonchev–Trinajstić information content (AvgIpc) is 3.08. The lowest BCUT2D eigenvalue weighted by molar-refractivity contribution is 0.365. The SMILES string of the molecule is NC(=S)N1N=C(c2cccs2)C[C@H]1c1ccccn1. The van der Waals surface area contributed by atoms with Gasteiger partial charge in [0.05, 0.1) is 16.3 Å². The van der Waals surface area contributed by atoms with Crippen LogP contribution in [0.1, 0.15) is 23.0 Å². The third kappa shape index (κ3) is 2.36. The van der Waals surface area contributed by atoms with Gasteiger partial charge in [-0.15, -0.1) is 11.3 Å². The molecule has 0 saturated heterocycles. The number of nitrogens with zero attached hydrogens (tertiary/aromatic N) is 3. The fourth-order valence-electron chi connectivity index (χ4n) is 2.11. The minimum atomic E-state index is -0.00389. The first kappa shape index (κ1) is 12.3. The highest BCUT2D eigenvalue weighted by atomic mass is 32.1. The smallest absolute Gasteiger partial charge is 0.187 e. The molecular weight excluding hydrogens is 276 g/mol. The Balaban J connectivity index is 1.94. The molecule has 0 saturated carbocycles. The van der Waals surface area contributed by atoms with Crippen LogP contribution in [0.4, 0.5) is 0 Å². The van der Waals surface area contributed by atoms with Crippen molar-refractivity contribution in [1.29, 1.82) is 0 Å². The summed E-state index contributed by atoms with van der Waals surface area (Å²) in [6, 6.07) is 9.90. The number of nitrogens with two attached hydrogens (primary N) is 1. The Bertz CT molecular complexity index is 607. The summed E-state index contributed by atoms with van der Waals surface area (Å²) in [6.07, 6.45) is 2.55. The van der Waals surface area contributed by atoms with Crippen molar-refractivity contribution in [2.45, 2.75) is 12.5 Å². The maximum absolute atomic E-state index is 5.77. The van der Waals surface area contributed by atoms with Crippen molar-refractivity contribution in [2.24, 2.45) is 10.8 Å². The number of hydrogen-bond donors (Lipinski definition) is 1. The molecule has 0 spiro atoms. The van der Waals surface area contributed by atoms with Crippen LogP contribution in [0.15, 0.2) is 47.0 Å². The first-order valence-electron chi connectivity index (χ1n) is 5.86. The van der Waals surface area contributed by atoms with Crippen LogP contribution in [-0.4, -0.2) is 20.8 Å². The van der Waals surface area contributed by atoms with Crippen LogP contribution >= 0.6 is 23.6 Å². The second kappa shape index (κ2) is 5.07. The van der Waals surface area contributed by atoms with Gasteiger partial charge in [0, 0.05) is 12.6 Å². The molecule has 1 aliphatic rings. The molecule has 0 aromatic carbocycles. The molecule has 2 aromatic heterocycles. The van der Waals surface area contributed by atoms with E-state index in [1.807, 2.05) is 29.6 Å². The minimum Gasteiger partial charge on any atom is -0.375 e. The molecule has 0 radical (unpaired) electrons. The van der Waals surface area contributed by atoms with E-state index in [1.165, 1.54) is 0 Å². The summed E-state index contributed by atoms with van der Waals surface area (Å²) in [5.41, 5.74) is 7.72. The van der Waals surface area contributed by atoms with Crippen LogP contribution in [0.2, 0.25) is 0 Å². The number of thiophene rings is 1. The fourth-order valence-corrected chi connectivity index (χ4v) is 3.00. The molecule has 1 aliphatic heterocycles. The van der Waals surface area contributed by atoms with E-state index in [1.54, 1.807) is 22.5 Å². The van der Waals surface area contributed by atoms with Crippen molar-refractivity contribution in [3.8, 4) is 0 Å². The van der Waals surface area contributed by atoms with Gasteiger partial charge < -0.3 is 5.73 Å². The Morgan fingerprint density at radius 1 is 1.37 bits per heavy atom. The van der Waals surface area contributed by atoms with E-state index >= 15 is 0 Å². The molecule has 2 aromatic rings. The summed E-state index contributed by atoms with van der Waals surface area (Å²) in [4.78, 5) is 5.53. The molecule has 0 unspecified atom stereocenters. The standard InChI is InChI=1S/C13H12N4S2/c14-13(18)17-11(9-4-1-2-6-15-9)8-10(16-17)12-5-3-7-19-12/h1-7,11H,8H2,(H2,14,18)/t11-/m0/s1. The number of thiocarbonyl (C=S) groups is 1. The molecule has 0 amide bonds. The van der Waals surface area contributed by atoms with Gasteiger partial charge in [0.25, 0.3) is 0 Å². The zero-order valence-corrected chi connectivity index (χ0v) is 11.7. The predicted octanol–water partition coefficient (Wildman–Crippen LogP) is 2.54. The fraction of sp³-hybridized carbons (Fsp3) is 0.154. The largest absolute Gasteiger partial charge is 0.375 e. The lowest BCUT2D eigenvalue weighted by Gasteiger charge is -2.20. The Morgan fingerprint density at radius 3 is 2.89 bits per heavy atom. The third-order valence-electron chi connectivity index (χ3n) is 2.97. The van der Waals surface area contributed by atoms with Crippen molar-refractivity contribution in [3.63, 3.8) is 0 Å². The van der Waals surface area contributed by atoms with Crippen LogP contribution in [-0.2, 0) is 0 Å². The van der Waals surface area contributed by atoms with Gasteiger partial charge in [0.1, 0.15) is 6.04 Å². The van der Waals surface area contributed by atoms with E-state index < -0.39 is 0 Å². The first-order valence-corrected chi connectivity index (χ1v) is 7.15. The van der Waals surface area contributed by atoms with Crippen LogP contribution in [0.25, 0.3) is 0 Å². The average molecular weight is 288 g/mol. The number of rotatable bonds is 2. The second-order valence-electron chi connectivity index (χ2n) is 4.18. The van der Waals surface area contributed by atoms with E-state index in [-0.39, 0.29) is 11.2 Å². The maximum Gasteiger partial charge on any atom is 0.187 e. The number of aromatic nitrogens is 1. The van der Waals surface area contributed by atoms with Gasteiger partial charge in [-0.2, -0.15) is 5.10 Å². The number of pyridine rings is 1. The molecule has 6 heteroatoms. The molecule has 3 heterocycles. The van der Waals surface area contributed by atoms with Crippen molar-refractivity contribution in [2.75, 3.05) is 0 Å². The Morgan fingerprint density at radius 2 is 2.26 bits per heavy atom. The molecule has 0 bridgehead atoms. The molecule has 4 nitrogen and oxygen atoms in total. The van der Waals surface area contributed by atoms with Gasteiger partial charge in [-0.1, -0.05) is 12.1 Å². The maximum atomic E-state index is 5.77. The molecule has 0 fully saturated rings. The Kier molecular flexibility index (Phi) is 3.27. The molecule has 0 aliphatic carbocycles. The second-order valence-corrected chi connectivity index (χ2v) is 5.55. The van der Waals surface area contributed by atoms with Gasteiger partial charge in [-0.05, 0) is 35.8 Å². The van der Waals surface area contributed by atoms with E-state index in [9.17, 15) is 0 Å². The van der Waals surface area contributed by atoms with E-state index in [2.05, 4.69) is 16.2 Å². The summed E-state index contributed by atoms with van der Waals surface area (Å²) < 4.78 is 0. The lowest BCUT2D eigenvalue weighted by atomic mass is 10.1. The van der Waals surface area contributed by atoms with Crippen molar-refractivity contribution < 1.29 is 0 Å². The van der Waals surface area contributed by atoms with E-state index in [0.717, 1.165) is 22.7 Å². The van der Waals surface area contributed by atoms with E-state index in [4.69, 9.17) is 18.0 Å². The van der Waals surface area contributed by atoms with Gasteiger partial charge in [0.2, 0.25) is 0 Å². The minimum absolute atomic E-state index is 0.00389. The summed E-state index contributed by atoms with van der Waals surface area (Å²) in [5, 5.41) is 8.55. The Labute approximate surface area is 120 Å². The quantitative estimate of drug-likeness (QED) is 0.863. The molecule has 2 N–H and O–H groups in total. The normalized spacial score (nSPS) is 18.4. The van der Waals surface area contributed by atoms with Crippen molar-refractivity contribution >= 4 is 34.4 Å². The lowest BCUT2D eigenvalue weighted by Crippen LogP contribution is -2.32. The van der Waals surface area contributed by atoms with Gasteiger partial charge >= 0.3 is 0 Å². The molecule has 3 rings (SSSR count). The van der Waals surface area contributed by atoms with Crippen LogP contribution in [0.3, 0.4) is 0 Å². The zero-order valence-electron chi connectivity index (χ0n) is 10.1. The summed E-state index contributed by atoms with van der Waals surface area (Å²) in [5.74, 6) is 0. The number of hydrazone groups is 1. The molecule has 19 heavy (non-hydrogen) atoms. The van der Waals surface area contributed by atoms with E-state index in [0.29, 0.717) is 0 Å². The summed E-state index contributed by atoms with van der Waals surface area (Å²) in [6.45, 7) is 0.